The fraction of sp³-hybridized carbons (Fsp3) is 0.565. The van der Waals surface area contributed by atoms with Gasteiger partial charge < -0.3 is 14.7 Å². The van der Waals surface area contributed by atoms with Gasteiger partial charge in [0, 0.05) is 37.3 Å². The fourth-order valence-electron chi connectivity index (χ4n) is 4.36. The van der Waals surface area contributed by atoms with Gasteiger partial charge in [-0.25, -0.2) is 4.79 Å². The Bertz CT molecular complexity index is 958. The van der Waals surface area contributed by atoms with Crippen LogP contribution in [0.25, 0.3) is 0 Å². The molecule has 0 amide bonds. The van der Waals surface area contributed by atoms with Crippen LogP contribution in [-0.4, -0.2) is 76.7 Å². The highest BCUT2D eigenvalue weighted by atomic mass is 19.4. The van der Waals surface area contributed by atoms with Gasteiger partial charge in [0.25, 0.3) is 0 Å². The number of likely N-dealkylation sites (tertiary alicyclic amines) is 1. The summed E-state index contributed by atoms with van der Waals surface area (Å²) in [6, 6.07) is 10.4. The molecule has 2 aromatic heterocycles. The van der Waals surface area contributed by atoms with Crippen LogP contribution < -0.4 is 4.90 Å². The van der Waals surface area contributed by atoms with Crippen LogP contribution in [0.4, 0.5) is 19.0 Å². The molecule has 4 rings (SSSR count). The van der Waals surface area contributed by atoms with E-state index < -0.39 is 12.1 Å². The molecule has 0 bridgehead atoms. The fourth-order valence-corrected chi connectivity index (χ4v) is 4.36. The first kappa shape index (κ1) is 25.8. The van der Waals surface area contributed by atoms with Crippen molar-refractivity contribution in [3.05, 3.63) is 47.4 Å². The summed E-state index contributed by atoms with van der Waals surface area (Å²) >= 11 is 0. The molecule has 11 heteroatoms. The van der Waals surface area contributed by atoms with Crippen LogP contribution in [0.1, 0.15) is 29.9 Å². The maximum atomic E-state index is 10.6. The Kier molecular flexibility index (Phi) is 8.42. The second kappa shape index (κ2) is 11.1. The zero-order valence-electron chi connectivity index (χ0n) is 19.4. The van der Waals surface area contributed by atoms with Crippen LogP contribution in [-0.2, 0) is 16.1 Å². The molecule has 34 heavy (non-hydrogen) atoms. The lowest BCUT2D eigenvalue weighted by Gasteiger charge is -2.43. The highest BCUT2D eigenvalue weighted by Crippen LogP contribution is 2.34. The van der Waals surface area contributed by atoms with E-state index in [1.807, 2.05) is 13.0 Å². The Morgan fingerprint density at radius 3 is 2.53 bits per heavy atom. The molecule has 8 nitrogen and oxygen atoms in total. The van der Waals surface area contributed by atoms with Gasteiger partial charge in [-0.15, -0.1) is 5.10 Å². The third kappa shape index (κ3) is 7.36. The lowest BCUT2D eigenvalue weighted by Crippen LogP contribution is -2.50. The van der Waals surface area contributed by atoms with Gasteiger partial charge in [-0.3, -0.25) is 9.88 Å². The summed E-state index contributed by atoms with van der Waals surface area (Å²) in [6.45, 7) is 10.5. The summed E-state index contributed by atoms with van der Waals surface area (Å²) in [5.74, 6) is -1.80. The van der Waals surface area contributed by atoms with E-state index in [0.717, 1.165) is 68.8 Å². The number of hydrogen-bond acceptors (Lipinski definition) is 7. The second-order valence-electron chi connectivity index (χ2n) is 8.89. The maximum absolute atomic E-state index is 10.6. The minimum absolute atomic E-state index is 0.144. The van der Waals surface area contributed by atoms with Crippen LogP contribution in [0.2, 0.25) is 0 Å². The average Bonchev–Trinajstić information content (AvgIpc) is 2.96. The number of alkyl halides is 3. The highest BCUT2D eigenvalue weighted by Gasteiger charge is 2.39. The standard InChI is InChI=1S/C21H29N5O.C2HF3O2/c1-17-5-3-6-19(22-17)13-25-10-4-9-21(14-25)15-26(11-12-27-16-21)20-8-7-18(2)23-24-20;3-2(4,5)1(6)7/h3,5-8H,4,9-16H2,1-2H3;(H,6,7). The van der Waals surface area contributed by atoms with E-state index in [2.05, 4.69) is 56.2 Å². The Morgan fingerprint density at radius 1 is 1.12 bits per heavy atom. The quantitative estimate of drug-likeness (QED) is 0.715. The van der Waals surface area contributed by atoms with Crippen molar-refractivity contribution in [1.29, 1.82) is 0 Å². The lowest BCUT2D eigenvalue weighted by atomic mass is 9.80. The van der Waals surface area contributed by atoms with Gasteiger partial charge in [-0.2, -0.15) is 18.3 Å². The number of pyridine rings is 1. The number of carbonyl (C=O) groups is 1. The van der Waals surface area contributed by atoms with Crippen LogP contribution >= 0.6 is 0 Å². The number of hydrogen-bond donors (Lipinski definition) is 1. The Labute approximate surface area is 196 Å². The number of nitrogens with zero attached hydrogens (tertiary/aromatic N) is 5. The van der Waals surface area contributed by atoms with Crippen molar-refractivity contribution in [3.8, 4) is 0 Å². The molecule has 4 heterocycles. The van der Waals surface area contributed by atoms with Crippen molar-refractivity contribution in [2.24, 2.45) is 5.41 Å². The van der Waals surface area contributed by atoms with Crippen LogP contribution in [0, 0.1) is 19.3 Å². The predicted octanol–water partition coefficient (Wildman–Crippen LogP) is 3.24. The smallest absolute Gasteiger partial charge is 0.475 e. The maximum Gasteiger partial charge on any atom is 0.490 e. The molecular weight excluding hydrogens is 451 g/mol. The number of aromatic nitrogens is 3. The van der Waals surface area contributed by atoms with Crippen LogP contribution in [0.5, 0.6) is 0 Å². The van der Waals surface area contributed by atoms with E-state index in [1.54, 1.807) is 0 Å². The first-order valence-corrected chi connectivity index (χ1v) is 11.1. The second-order valence-corrected chi connectivity index (χ2v) is 8.89. The van der Waals surface area contributed by atoms with E-state index in [-0.39, 0.29) is 5.41 Å². The number of halogens is 3. The molecule has 2 aliphatic heterocycles. The van der Waals surface area contributed by atoms with Crippen LogP contribution in [0.3, 0.4) is 0 Å². The van der Waals surface area contributed by atoms with E-state index >= 15 is 0 Å². The third-order valence-corrected chi connectivity index (χ3v) is 5.86. The number of ether oxygens (including phenoxy) is 1. The van der Waals surface area contributed by atoms with Crippen molar-refractivity contribution >= 4 is 11.8 Å². The molecule has 0 radical (unpaired) electrons. The molecule has 2 saturated heterocycles. The molecule has 1 unspecified atom stereocenters. The molecule has 2 aliphatic rings. The molecular formula is C23H30F3N5O3. The summed E-state index contributed by atoms with van der Waals surface area (Å²) in [5, 5.41) is 15.8. The summed E-state index contributed by atoms with van der Waals surface area (Å²) in [7, 11) is 0. The summed E-state index contributed by atoms with van der Waals surface area (Å²) < 4.78 is 37.8. The molecule has 186 valence electrons. The van der Waals surface area contributed by atoms with Crippen molar-refractivity contribution in [3.63, 3.8) is 0 Å². The zero-order valence-corrected chi connectivity index (χ0v) is 19.4. The van der Waals surface area contributed by atoms with Gasteiger partial charge in [0.1, 0.15) is 0 Å². The van der Waals surface area contributed by atoms with Gasteiger partial charge in [0.15, 0.2) is 5.82 Å². The normalized spacial score (nSPS) is 21.5. The van der Waals surface area contributed by atoms with Crippen molar-refractivity contribution in [2.45, 2.75) is 39.4 Å². The zero-order chi connectivity index (χ0) is 24.8. The monoisotopic (exact) mass is 481 g/mol. The summed E-state index contributed by atoms with van der Waals surface area (Å²) in [5.41, 5.74) is 3.34. The number of anilines is 1. The van der Waals surface area contributed by atoms with Gasteiger partial charge in [0.05, 0.1) is 24.6 Å². The van der Waals surface area contributed by atoms with E-state index in [9.17, 15) is 13.2 Å². The van der Waals surface area contributed by atoms with E-state index in [4.69, 9.17) is 14.6 Å². The largest absolute Gasteiger partial charge is 0.490 e. The lowest BCUT2D eigenvalue weighted by molar-refractivity contribution is -0.192. The minimum atomic E-state index is -5.08. The number of piperidine rings is 1. The Hall–Kier alpha value is -2.79. The first-order chi connectivity index (χ1) is 16.1. The average molecular weight is 482 g/mol. The molecule has 0 saturated carbocycles. The predicted molar refractivity (Wildman–Crippen MR) is 119 cm³/mol. The molecule has 1 spiro atoms. The Balaban J connectivity index is 0.000000406. The van der Waals surface area contributed by atoms with Gasteiger partial charge >= 0.3 is 12.1 Å². The molecule has 0 aromatic carbocycles. The molecule has 2 aromatic rings. The van der Waals surface area contributed by atoms with Crippen molar-refractivity contribution in [2.75, 3.05) is 44.3 Å². The topological polar surface area (TPSA) is 91.7 Å². The number of aryl methyl sites for hydroxylation is 2. The van der Waals surface area contributed by atoms with Gasteiger partial charge in [-0.1, -0.05) is 6.07 Å². The summed E-state index contributed by atoms with van der Waals surface area (Å²) in [4.78, 5) is 18.5. The summed E-state index contributed by atoms with van der Waals surface area (Å²) in [6.07, 6.45) is -2.69. The van der Waals surface area contributed by atoms with Crippen molar-refractivity contribution < 1.29 is 27.8 Å². The molecule has 0 aliphatic carbocycles. The van der Waals surface area contributed by atoms with Crippen LogP contribution in [0.15, 0.2) is 30.3 Å². The number of carboxylic acids is 1. The van der Waals surface area contributed by atoms with Gasteiger partial charge in [-0.05, 0) is 57.5 Å². The SMILES string of the molecule is Cc1ccc(N2CCOCC3(CCCN(Cc4cccc(C)n4)C3)C2)nn1.O=C(O)C(F)(F)F. The number of carboxylic acid groups (broad SMARTS) is 1. The minimum Gasteiger partial charge on any atom is -0.475 e. The highest BCUT2D eigenvalue weighted by molar-refractivity contribution is 5.73. The van der Waals surface area contributed by atoms with Crippen molar-refractivity contribution in [1.82, 2.24) is 20.1 Å². The molecule has 2 fully saturated rings. The van der Waals surface area contributed by atoms with Gasteiger partial charge in [0.2, 0.25) is 0 Å². The first-order valence-electron chi connectivity index (χ1n) is 11.1. The number of aliphatic carboxylic acids is 1. The molecule has 1 N–H and O–H groups in total. The van der Waals surface area contributed by atoms with E-state index in [1.165, 1.54) is 12.8 Å². The Morgan fingerprint density at radius 2 is 1.88 bits per heavy atom. The van der Waals surface area contributed by atoms with E-state index in [0.29, 0.717) is 0 Å². The number of rotatable bonds is 3. The molecule has 1 atom stereocenters. The third-order valence-electron chi connectivity index (χ3n) is 5.86.